The Bertz CT molecular complexity index is 1210. The molecule has 0 bridgehead atoms. The predicted octanol–water partition coefficient (Wildman–Crippen LogP) is 4.81. The minimum absolute atomic E-state index is 0.0442. The quantitative estimate of drug-likeness (QED) is 0.549. The van der Waals surface area contributed by atoms with Crippen LogP contribution >= 0.6 is 0 Å². The van der Waals surface area contributed by atoms with Crippen molar-refractivity contribution in [3.63, 3.8) is 0 Å². The van der Waals surface area contributed by atoms with E-state index in [4.69, 9.17) is 9.47 Å². The van der Waals surface area contributed by atoms with E-state index >= 15 is 0 Å². The fourth-order valence-corrected chi connectivity index (χ4v) is 5.29. The van der Waals surface area contributed by atoms with Crippen LogP contribution in [0.2, 0.25) is 0 Å². The van der Waals surface area contributed by atoms with Gasteiger partial charge in [0.2, 0.25) is 5.91 Å². The smallest absolute Gasteiger partial charge is 0.414 e. The molecule has 1 aliphatic heterocycles. The van der Waals surface area contributed by atoms with Gasteiger partial charge in [0.05, 0.1) is 23.2 Å². The fraction of sp³-hybridized carbons (Fsp3) is 0.481. The maximum absolute atomic E-state index is 13.3. The molecule has 0 N–H and O–H groups in total. The normalized spacial score (nSPS) is 18.5. The Morgan fingerprint density at radius 1 is 0.972 bits per heavy atom. The van der Waals surface area contributed by atoms with Gasteiger partial charge in [0, 0.05) is 19.7 Å². The lowest BCUT2D eigenvalue weighted by Crippen LogP contribution is -2.52. The van der Waals surface area contributed by atoms with Gasteiger partial charge in [-0.1, -0.05) is 24.6 Å². The van der Waals surface area contributed by atoms with Crippen molar-refractivity contribution in [3.8, 4) is 16.9 Å². The number of anilines is 2. The summed E-state index contributed by atoms with van der Waals surface area (Å²) < 4.78 is 34.0. The molecule has 9 heteroatoms. The van der Waals surface area contributed by atoms with Crippen LogP contribution in [0.15, 0.2) is 42.5 Å². The topological polar surface area (TPSA) is 93.2 Å². The van der Waals surface area contributed by atoms with Gasteiger partial charge in [-0.15, -0.1) is 0 Å². The van der Waals surface area contributed by atoms with Gasteiger partial charge in [-0.25, -0.2) is 13.2 Å². The molecule has 0 spiro atoms. The summed E-state index contributed by atoms with van der Waals surface area (Å²) in [5.74, 6) is 0.458. The number of rotatable bonds is 6. The first-order valence-corrected chi connectivity index (χ1v) is 14.5. The lowest BCUT2D eigenvalue weighted by Gasteiger charge is -2.41. The maximum atomic E-state index is 13.3. The molecule has 1 aliphatic carbocycles. The number of carbonyl (C=O) groups excluding carboxylic acids is 2. The summed E-state index contributed by atoms with van der Waals surface area (Å²) in [4.78, 5) is 29.1. The van der Waals surface area contributed by atoms with Crippen LogP contribution in [0, 0.1) is 0 Å². The van der Waals surface area contributed by atoms with E-state index in [0.717, 1.165) is 36.8 Å². The van der Waals surface area contributed by atoms with E-state index in [1.165, 1.54) is 19.6 Å². The third-order valence-corrected chi connectivity index (χ3v) is 7.61. The van der Waals surface area contributed by atoms with Gasteiger partial charge in [-0.05, 0) is 68.0 Å². The highest BCUT2D eigenvalue weighted by Gasteiger charge is 2.35. The molecule has 0 unspecified atom stereocenters. The summed E-state index contributed by atoms with van der Waals surface area (Å²) >= 11 is 0. The summed E-state index contributed by atoms with van der Waals surface area (Å²) in [6, 6.07) is 12.9. The number of sulfone groups is 1. The first-order valence-electron chi connectivity index (χ1n) is 12.5. The molecule has 1 fully saturated rings. The highest BCUT2D eigenvalue weighted by Crippen LogP contribution is 2.39. The summed E-state index contributed by atoms with van der Waals surface area (Å²) in [6.45, 7) is 3.91. The molecule has 0 saturated heterocycles. The van der Waals surface area contributed by atoms with Gasteiger partial charge in [0.1, 0.15) is 18.5 Å². The SMILES string of the molecule is CC(=O)N1c2ccc(-c3ccc(OCCS(C)(=O)=O)cc3)cc2N(C(=O)OC2CCCCC2)C[C@@H]1C. The Morgan fingerprint density at radius 3 is 2.28 bits per heavy atom. The van der Waals surface area contributed by atoms with Crippen molar-refractivity contribution in [1.82, 2.24) is 0 Å². The molecule has 194 valence electrons. The zero-order chi connectivity index (χ0) is 25.9. The van der Waals surface area contributed by atoms with Gasteiger partial charge in [0.15, 0.2) is 9.84 Å². The molecule has 4 rings (SSSR count). The molecule has 1 saturated carbocycles. The lowest BCUT2D eigenvalue weighted by molar-refractivity contribution is -0.117. The second-order valence-electron chi connectivity index (χ2n) is 9.70. The third kappa shape index (κ3) is 6.19. The summed E-state index contributed by atoms with van der Waals surface area (Å²) in [7, 11) is -3.09. The minimum Gasteiger partial charge on any atom is -0.493 e. The van der Waals surface area contributed by atoms with Crippen molar-refractivity contribution in [1.29, 1.82) is 0 Å². The van der Waals surface area contributed by atoms with Crippen LogP contribution in [0.4, 0.5) is 16.2 Å². The number of ether oxygens (including phenoxy) is 2. The molecule has 2 amide bonds. The number of fused-ring (bicyclic) bond motifs is 1. The van der Waals surface area contributed by atoms with E-state index in [2.05, 4.69) is 0 Å². The molecular formula is C27H34N2O6S. The number of benzene rings is 2. The molecule has 2 aromatic carbocycles. The Morgan fingerprint density at radius 2 is 1.64 bits per heavy atom. The zero-order valence-corrected chi connectivity index (χ0v) is 21.9. The van der Waals surface area contributed by atoms with Crippen LogP contribution in [-0.4, -0.2) is 57.7 Å². The number of hydrogen-bond donors (Lipinski definition) is 0. The van der Waals surface area contributed by atoms with E-state index in [0.29, 0.717) is 23.7 Å². The van der Waals surface area contributed by atoms with Crippen molar-refractivity contribution < 1.29 is 27.5 Å². The van der Waals surface area contributed by atoms with E-state index in [-0.39, 0.29) is 36.5 Å². The van der Waals surface area contributed by atoms with Gasteiger partial charge < -0.3 is 14.4 Å². The molecule has 1 atom stereocenters. The van der Waals surface area contributed by atoms with E-state index in [9.17, 15) is 18.0 Å². The van der Waals surface area contributed by atoms with Crippen LogP contribution in [0.1, 0.15) is 46.0 Å². The van der Waals surface area contributed by atoms with Gasteiger partial charge in [-0.3, -0.25) is 9.69 Å². The largest absolute Gasteiger partial charge is 0.493 e. The van der Waals surface area contributed by atoms with Crippen molar-refractivity contribution >= 4 is 33.2 Å². The highest BCUT2D eigenvalue weighted by molar-refractivity contribution is 7.90. The molecular weight excluding hydrogens is 480 g/mol. The van der Waals surface area contributed by atoms with Crippen LogP contribution in [0.5, 0.6) is 5.75 Å². The predicted molar refractivity (Wildman–Crippen MR) is 140 cm³/mol. The number of amides is 2. The molecule has 1 heterocycles. The first-order chi connectivity index (χ1) is 17.1. The van der Waals surface area contributed by atoms with Gasteiger partial charge in [0.25, 0.3) is 0 Å². The summed E-state index contributed by atoms with van der Waals surface area (Å²) in [5, 5.41) is 0. The van der Waals surface area contributed by atoms with Crippen LogP contribution in [-0.2, 0) is 19.4 Å². The van der Waals surface area contributed by atoms with E-state index in [1.807, 2.05) is 37.3 Å². The Balaban J connectivity index is 1.59. The summed E-state index contributed by atoms with van der Waals surface area (Å²) in [6.07, 6.45) is 5.84. The highest BCUT2D eigenvalue weighted by atomic mass is 32.2. The van der Waals surface area contributed by atoms with Crippen molar-refractivity contribution in [3.05, 3.63) is 42.5 Å². The van der Waals surface area contributed by atoms with Crippen molar-refractivity contribution in [2.75, 3.05) is 35.0 Å². The standard InChI is InChI=1S/C27H34N2O6S/c1-19-18-28(27(31)35-24-7-5-4-6-8-24)26-17-22(11-14-25(26)29(19)20(2)30)21-9-12-23(13-10-21)34-15-16-36(3,32)33/h9-14,17,19,24H,4-8,15-16,18H2,1-3H3/t19-/m0/s1. The number of carbonyl (C=O) groups is 2. The van der Waals surface area contributed by atoms with E-state index < -0.39 is 9.84 Å². The minimum atomic E-state index is -3.09. The molecule has 36 heavy (non-hydrogen) atoms. The monoisotopic (exact) mass is 514 g/mol. The van der Waals surface area contributed by atoms with Gasteiger partial charge >= 0.3 is 6.09 Å². The van der Waals surface area contributed by atoms with Crippen LogP contribution < -0.4 is 14.5 Å². The maximum Gasteiger partial charge on any atom is 0.414 e. The lowest BCUT2D eigenvalue weighted by atomic mass is 9.98. The Kier molecular flexibility index (Phi) is 7.88. The Hall–Kier alpha value is -3.07. The van der Waals surface area contributed by atoms with Crippen LogP contribution in [0.3, 0.4) is 0 Å². The number of nitrogens with zero attached hydrogens (tertiary/aromatic N) is 2. The van der Waals surface area contributed by atoms with Crippen molar-refractivity contribution in [2.45, 2.75) is 58.1 Å². The molecule has 8 nitrogen and oxygen atoms in total. The second-order valence-corrected chi connectivity index (χ2v) is 12.0. The van der Waals surface area contributed by atoms with Gasteiger partial charge in [-0.2, -0.15) is 0 Å². The third-order valence-electron chi connectivity index (χ3n) is 6.70. The Labute approximate surface area is 213 Å². The second kappa shape index (κ2) is 10.9. The molecule has 2 aliphatic rings. The number of hydrogen-bond acceptors (Lipinski definition) is 6. The first kappa shape index (κ1) is 26.0. The summed E-state index contributed by atoms with van der Waals surface area (Å²) in [5.41, 5.74) is 3.12. The molecule has 0 aromatic heterocycles. The molecule has 2 aromatic rings. The average Bonchev–Trinajstić information content (AvgIpc) is 2.83. The van der Waals surface area contributed by atoms with Crippen molar-refractivity contribution in [2.24, 2.45) is 0 Å². The fourth-order valence-electron chi connectivity index (χ4n) is 4.90. The molecule has 0 radical (unpaired) electrons. The average molecular weight is 515 g/mol. The van der Waals surface area contributed by atoms with Crippen LogP contribution in [0.25, 0.3) is 11.1 Å². The zero-order valence-electron chi connectivity index (χ0n) is 21.1. The van der Waals surface area contributed by atoms with E-state index in [1.54, 1.807) is 21.9 Å².